The molecule has 0 unspecified atom stereocenters. The van der Waals surface area contributed by atoms with E-state index in [2.05, 4.69) is 5.10 Å². The molecule has 1 aromatic heterocycles. The van der Waals surface area contributed by atoms with Crippen LogP contribution in [-0.4, -0.2) is 20.6 Å². The molecule has 1 heterocycles. The van der Waals surface area contributed by atoms with Crippen LogP contribution in [0.1, 0.15) is 16.2 Å². The van der Waals surface area contributed by atoms with Crippen LogP contribution in [0.3, 0.4) is 0 Å². The second-order valence-electron chi connectivity index (χ2n) is 4.56. The molecule has 1 amide bonds. The number of anilines is 1. The molecule has 1 N–H and O–H groups in total. The summed E-state index contributed by atoms with van der Waals surface area (Å²) in [6, 6.07) is 0. The molecule has 7 nitrogen and oxygen atoms in total. The van der Waals surface area contributed by atoms with Crippen LogP contribution in [0.5, 0.6) is 0 Å². The Labute approximate surface area is 129 Å². The lowest BCUT2D eigenvalue weighted by Gasteiger charge is -2.09. The van der Waals surface area contributed by atoms with Gasteiger partial charge in [-0.3, -0.25) is 19.6 Å². The number of nitro groups is 1. The van der Waals surface area contributed by atoms with Gasteiger partial charge < -0.3 is 5.32 Å². The monoisotopic (exact) mass is 350 g/mol. The maximum Gasteiger partial charge on any atom is 0.322 e. The molecule has 128 valence electrons. The minimum Gasteiger partial charge on any atom is -0.315 e. The summed E-state index contributed by atoms with van der Waals surface area (Å²) in [7, 11) is 1.13. The van der Waals surface area contributed by atoms with E-state index in [-0.39, 0.29) is 5.69 Å². The standard InChI is InChI=1S/C12H7F5N4O3/c1-3-10(21(23)24)11(20(2)19-3)12(22)18-9-7(16)5(14)4(13)6(15)8(9)17/h1-2H3,(H,18,22). The quantitative estimate of drug-likeness (QED) is 0.303. The number of carbonyl (C=O) groups excluding carboxylic acids is 1. The Morgan fingerprint density at radius 2 is 1.54 bits per heavy atom. The Morgan fingerprint density at radius 1 is 1.08 bits per heavy atom. The minimum atomic E-state index is -2.40. The van der Waals surface area contributed by atoms with Gasteiger partial charge in [0.25, 0.3) is 5.91 Å². The van der Waals surface area contributed by atoms with Gasteiger partial charge >= 0.3 is 5.69 Å². The number of carbonyl (C=O) groups is 1. The predicted molar refractivity (Wildman–Crippen MR) is 68.8 cm³/mol. The number of benzene rings is 1. The molecule has 0 radical (unpaired) electrons. The highest BCUT2D eigenvalue weighted by Crippen LogP contribution is 2.29. The number of aromatic nitrogens is 2. The largest absolute Gasteiger partial charge is 0.322 e. The molecule has 0 spiro atoms. The van der Waals surface area contributed by atoms with Crippen LogP contribution in [0.15, 0.2) is 0 Å². The first kappa shape index (κ1) is 17.3. The molecule has 0 saturated heterocycles. The molecular weight excluding hydrogens is 343 g/mol. The van der Waals surface area contributed by atoms with Gasteiger partial charge in [0, 0.05) is 7.05 Å². The first-order valence-electron chi connectivity index (χ1n) is 6.08. The van der Waals surface area contributed by atoms with Crippen molar-refractivity contribution >= 4 is 17.3 Å². The number of hydrogen-bond acceptors (Lipinski definition) is 4. The van der Waals surface area contributed by atoms with Crippen LogP contribution in [0, 0.1) is 46.1 Å². The van der Waals surface area contributed by atoms with Gasteiger partial charge in [0.2, 0.25) is 11.5 Å². The predicted octanol–water partition coefficient (Wildman–Crippen LogP) is 2.58. The molecule has 12 heteroatoms. The molecule has 24 heavy (non-hydrogen) atoms. The van der Waals surface area contributed by atoms with E-state index in [1.807, 2.05) is 0 Å². The highest BCUT2D eigenvalue weighted by molar-refractivity contribution is 6.06. The van der Waals surface area contributed by atoms with Gasteiger partial charge in [-0.25, -0.2) is 22.0 Å². The fraction of sp³-hybridized carbons (Fsp3) is 0.167. The highest BCUT2D eigenvalue weighted by atomic mass is 19.2. The Kier molecular flexibility index (Phi) is 4.23. The maximum absolute atomic E-state index is 13.6. The minimum absolute atomic E-state index is 0.176. The van der Waals surface area contributed by atoms with Crippen molar-refractivity contribution in [1.82, 2.24) is 9.78 Å². The van der Waals surface area contributed by atoms with Crippen molar-refractivity contribution in [3.8, 4) is 0 Å². The molecule has 0 aliphatic heterocycles. The van der Waals surface area contributed by atoms with Gasteiger partial charge in [0.1, 0.15) is 11.4 Å². The summed E-state index contributed by atoms with van der Waals surface area (Å²) in [5, 5.41) is 16.0. The first-order chi connectivity index (χ1) is 11.1. The fourth-order valence-corrected chi connectivity index (χ4v) is 2.01. The smallest absolute Gasteiger partial charge is 0.315 e. The van der Waals surface area contributed by atoms with E-state index in [0.717, 1.165) is 11.7 Å². The van der Waals surface area contributed by atoms with Crippen molar-refractivity contribution in [3.63, 3.8) is 0 Å². The second-order valence-corrected chi connectivity index (χ2v) is 4.56. The third-order valence-electron chi connectivity index (χ3n) is 3.04. The van der Waals surface area contributed by atoms with Crippen LogP contribution >= 0.6 is 0 Å². The van der Waals surface area contributed by atoms with Crippen LogP contribution < -0.4 is 5.32 Å². The molecule has 0 saturated carbocycles. The van der Waals surface area contributed by atoms with Gasteiger partial charge in [0.15, 0.2) is 23.3 Å². The van der Waals surface area contributed by atoms with Crippen LogP contribution in [-0.2, 0) is 7.05 Å². The number of nitrogens with one attached hydrogen (secondary N) is 1. The Bertz CT molecular complexity index is 851. The van der Waals surface area contributed by atoms with E-state index in [0.29, 0.717) is 0 Å². The highest BCUT2D eigenvalue weighted by Gasteiger charge is 2.32. The summed E-state index contributed by atoms with van der Waals surface area (Å²) in [6.45, 7) is 1.20. The third kappa shape index (κ3) is 2.55. The summed E-state index contributed by atoms with van der Waals surface area (Å²) in [5.41, 5.74) is -3.28. The van der Waals surface area contributed by atoms with E-state index in [4.69, 9.17) is 0 Å². The van der Waals surface area contributed by atoms with E-state index >= 15 is 0 Å². The Balaban J connectivity index is 2.55. The maximum atomic E-state index is 13.6. The van der Waals surface area contributed by atoms with Crippen molar-refractivity contribution in [2.75, 3.05) is 5.32 Å². The van der Waals surface area contributed by atoms with Crippen molar-refractivity contribution in [1.29, 1.82) is 0 Å². The van der Waals surface area contributed by atoms with Crippen LogP contribution in [0.2, 0.25) is 0 Å². The zero-order valence-electron chi connectivity index (χ0n) is 12.0. The Morgan fingerprint density at radius 3 is 2.00 bits per heavy atom. The summed E-state index contributed by atoms with van der Waals surface area (Å²) in [6.07, 6.45) is 0. The van der Waals surface area contributed by atoms with Gasteiger partial charge in [-0.2, -0.15) is 5.10 Å². The lowest BCUT2D eigenvalue weighted by Crippen LogP contribution is -2.20. The molecule has 0 fully saturated rings. The van der Waals surface area contributed by atoms with Gasteiger partial charge in [-0.15, -0.1) is 0 Å². The van der Waals surface area contributed by atoms with E-state index in [1.165, 1.54) is 12.2 Å². The van der Waals surface area contributed by atoms with E-state index in [1.54, 1.807) is 0 Å². The van der Waals surface area contributed by atoms with Gasteiger partial charge in [-0.05, 0) is 6.92 Å². The SMILES string of the molecule is Cc1nn(C)c(C(=O)Nc2c(F)c(F)c(F)c(F)c2F)c1[N+](=O)[O-]. The van der Waals surface area contributed by atoms with Crippen molar-refractivity contribution in [2.45, 2.75) is 6.92 Å². The molecule has 0 atom stereocenters. The average Bonchev–Trinajstić information content (AvgIpc) is 2.82. The van der Waals surface area contributed by atoms with E-state index < -0.39 is 57.0 Å². The van der Waals surface area contributed by atoms with Crippen LogP contribution in [0.25, 0.3) is 0 Å². The van der Waals surface area contributed by atoms with E-state index in [9.17, 15) is 36.9 Å². The normalized spacial score (nSPS) is 10.8. The van der Waals surface area contributed by atoms with Crippen molar-refractivity contribution < 1.29 is 31.7 Å². The lowest BCUT2D eigenvalue weighted by molar-refractivity contribution is -0.385. The topological polar surface area (TPSA) is 90.1 Å². The molecule has 0 aliphatic carbocycles. The number of halogens is 5. The third-order valence-corrected chi connectivity index (χ3v) is 3.04. The fourth-order valence-electron chi connectivity index (χ4n) is 2.01. The summed E-state index contributed by atoms with van der Waals surface area (Å²) in [4.78, 5) is 22.0. The number of rotatable bonds is 3. The zero-order valence-corrected chi connectivity index (χ0v) is 12.0. The molecule has 2 rings (SSSR count). The van der Waals surface area contributed by atoms with Crippen LogP contribution in [0.4, 0.5) is 33.3 Å². The van der Waals surface area contributed by atoms with Gasteiger partial charge in [-0.1, -0.05) is 0 Å². The zero-order chi connectivity index (χ0) is 18.3. The van der Waals surface area contributed by atoms with Crippen molar-refractivity contribution in [2.24, 2.45) is 7.05 Å². The number of nitrogens with zero attached hydrogens (tertiary/aromatic N) is 3. The summed E-state index contributed by atoms with van der Waals surface area (Å²) in [5.74, 6) is -12.9. The molecular formula is C12H7F5N4O3. The molecule has 0 aliphatic rings. The summed E-state index contributed by atoms with van der Waals surface area (Å²) >= 11 is 0. The average molecular weight is 350 g/mol. The number of hydrogen-bond donors (Lipinski definition) is 1. The molecule has 2 aromatic rings. The number of aryl methyl sites for hydroxylation is 2. The molecule has 0 bridgehead atoms. The lowest BCUT2D eigenvalue weighted by atomic mass is 10.2. The Hall–Kier alpha value is -3.05. The first-order valence-corrected chi connectivity index (χ1v) is 6.08. The van der Waals surface area contributed by atoms with Crippen molar-refractivity contribution in [3.05, 3.63) is 50.6 Å². The number of amides is 1. The summed E-state index contributed by atoms with van der Waals surface area (Å²) < 4.78 is 67.0. The second kappa shape index (κ2) is 5.86. The molecule has 1 aromatic carbocycles. The van der Waals surface area contributed by atoms with Gasteiger partial charge in [0.05, 0.1) is 4.92 Å².